The van der Waals surface area contributed by atoms with Gasteiger partial charge in [0.1, 0.15) is 23.0 Å². The van der Waals surface area contributed by atoms with Gasteiger partial charge in [0.15, 0.2) is 5.58 Å². The van der Waals surface area contributed by atoms with Crippen LogP contribution in [0, 0.1) is 36.5 Å². The molecule has 3 aliphatic rings. The van der Waals surface area contributed by atoms with Gasteiger partial charge in [-0.3, -0.25) is 14.5 Å². The summed E-state index contributed by atoms with van der Waals surface area (Å²) >= 11 is 0. The van der Waals surface area contributed by atoms with Crippen molar-refractivity contribution in [3.05, 3.63) is 82.2 Å². The highest BCUT2D eigenvalue weighted by Crippen LogP contribution is 2.39. The summed E-state index contributed by atoms with van der Waals surface area (Å²) in [6.45, 7) is 8.39. The largest absolute Gasteiger partial charge is 0.481 e. The number of carboxylic acid groups (broad SMARTS) is 1. The Labute approximate surface area is 314 Å². The van der Waals surface area contributed by atoms with Crippen LogP contribution in [0.15, 0.2) is 57.4 Å². The molecule has 1 aliphatic carbocycles. The third-order valence-corrected chi connectivity index (χ3v) is 11.9. The van der Waals surface area contributed by atoms with Gasteiger partial charge >= 0.3 is 5.97 Å². The maximum Gasteiger partial charge on any atom is 0.310 e. The third-order valence-electron chi connectivity index (χ3n) is 11.9. The van der Waals surface area contributed by atoms with E-state index in [1.165, 1.54) is 0 Å². The molecule has 4 heterocycles. The smallest absolute Gasteiger partial charge is 0.310 e. The van der Waals surface area contributed by atoms with Crippen LogP contribution in [0.3, 0.4) is 0 Å². The van der Waals surface area contributed by atoms with Crippen molar-refractivity contribution in [3.63, 3.8) is 0 Å². The average molecular weight is 728 g/mol. The molecular formula is C43H45N5O6. The summed E-state index contributed by atoms with van der Waals surface area (Å²) < 4.78 is 12.6. The van der Waals surface area contributed by atoms with Gasteiger partial charge in [-0.25, -0.2) is 9.97 Å². The number of rotatable bonds is 10. The molecule has 11 nitrogen and oxygen atoms in total. The summed E-state index contributed by atoms with van der Waals surface area (Å²) in [6, 6.07) is 18.1. The number of nitriles is 1. The van der Waals surface area contributed by atoms with Gasteiger partial charge in [-0.2, -0.15) is 5.26 Å². The highest BCUT2D eigenvalue weighted by Gasteiger charge is 2.40. The fourth-order valence-corrected chi connectivity index (χ4v) is 8.67. The first-order chi connectivity index (χ1) is 26.0. The first kappa shape index (κ1) is 35.7. The second-order valence-corrected chi connectivity index (χ2v) is 15.8. The number of aliphatic hydroxyl groups is 1. The minimum Gasteiger partial charge on any atom is -0.481 e. The number of aliphatic hydroxyl groups excluding tert-OH is 1. The Bertz CT molecular complexity index is 2300. The molecule has 0 spiro atoms. The fourth-order valence-electron chi connectivity index (χ4n) is 8.67. The summed E-state index contributed by atoms with van der Waals surface area (Å²) in [5.74, 6) is 1.55. The highest BCUT2D eigenvalue weighted by molar-refractivity contribution is 5.85. The van der Waals surface area contributed by atoms with E-state index < -0.39 is 11.4 Å². The van der Waals surface area contributed by atoms with Crippen LogP contribution in [-0.2, 0) is 29.2 Å². The van der Waals surface area contributed by atoms with Crippen LogP contribution < -0.4 is 0 Å². The number of fused-ring (bicyclic) bond motifs is 2. The van der Waals surface area contributed by atoms with Gasteiger partial charge in [0.25, 0.3) is 0 Å². The van der Waals surface area contributed by atoms with Crippen LogP contribution in [0.1, 0.15) is 85.6 Å². The van der Waals surface area contributed by atoms with Crippen molar-refractivity contribution < 1.29 is 28.6 Å². The molecule has 8 rings (SSSR count). The van der Waals surface area contributed by atoms with Gasteiger partial charge in [-0.05, 0) is 124 Å². The zero-order chi connectivity index (χ0) is 37.7. The van der Waals surface area contributed by atoms with Gasteiger partial charge < -0.3 is 23.9 Å². The van der Waals surface area contributed by atoms with E-state index in [4.69, 9.17) is 18.8 Å². The second-order valence-electron chi connectivity index (χ2n) is 15.8. The molecule has 11 heteroatoms. The van der Waals surface area contributed by atoms with Crippen LogP contribution in [0.5, 0.6) is 0 Å². The normalized spacial score (nSPS) is 21.2. The van der Waals surface area contributed by atoms with Gasteiger partial charge in [0.2, 0.25) is 17.7 Å². The first-order valence-corrected chi connectivity index (χ1v) is 18.9. The number of carbonyl (C=O) groups excluding carboxylic acids is 1. The van der Waals surface area contributed by atoms with Crippen molar-refractivity contribution in [2.45, 2.75) is 91.5 Å². The molecule has 2 aromatic heterocycles. The molecule has 1 saturated carbocycles. The molecular weight excluding hydrogens is 683 g/mol. The molecule has 3 aromatic carbocycles. The molecule has 1 saturated heterocycles. The van der Waals surface area contributed by atoms with Crippen LogP contribution in [0.2, 0.25) is 0 Å². The lowest BCUT2D eigenvalue weighted by atomic mass is 9.90. The van der Waals surface area contributed by atoms with Crippen molar-refractivity contribution in [2.75, 3.05) is 13.1 Å². The quantitative estimate of drug-likeness (QED) is 0.146. The SMILES string of the molecule is Cc1c(-c2nc3c(o2)CN(C(=O)CCCC2CC[C@@H](O)C2)C3)cccc1-c1cccc(-c2nc3cc(CN4CC[C@@](C)(C(=O)O)C4)cc(C#N)c3o2)c1C. The molecule has 0 bridgehead atoms. The Kier molecular flexibility index (Phi) is 9.36. The zero-order valence-corrected chi connectivity index (χ0v) is 31.0. The molecule has 0 radical (unpaired) electrons. The number of carboxylic acids is 1. The Morgan fingerprint density at radius 1 is 0.981 bits per heavy atom. The monoisotopic (exact) mass is 727 g/mol. The number of hydrogen-bond donors (Lipinski definition) is 2. The minimum absolute atomic E-state index is 0.118. The van der Waals surface area contributed by atoms with Crippen LogP contribution in [-0.4, -0.2) is 61.1 Å². The predicted octanol–water partition coefficient (Wildman–Crippen LogP) is 7.78. The van der Waals surface area contributed by atoms with E-state index in [2.05, 4.69) is 30.0 Å². The molecule has 1 unspecified atom stereocenters. The Morgan fingerprint density at radius 2 is 1.69 bits per heavy atom. The van der Waals surface area contributed by atoms with Crippen LogP contribution >= 0.6 is 0 Å². The Hall–Kier alpha value is -5.31. The predicted molar refractivity (Wildman–Crippen MR) is 202 cm³/mol. The van der Waals surface area contributed by atoms with E-state index in [1.807, 2.05) is 48.2 Å². The van der Waals surface area contributed by atoms with E-state index in [1.54, 1.807) is 6.92 Å². The number of hydrogen-bond acceptors (Lipinski definition) is 9. The van der Waals surface area contributed by atoms with Gasteiger partial charge in [0.05, 0.1) is 30.2 Å². The van der Waals surface area contributed by atoms with Crippen molar-refractivity contribution in [3.8, 4) is 40.1 Å². The fraction of sp³-hybridized carbons (Fsp3) is 0.419. The molecule has 1 amide bonds. The molecule has 2 N–H and O–H groups in total. The lowest BCUT2D eigenvalue weighted by molar-refractivity contribution is -0.147. The van der Waals surface area contributed by atoms with E-state index >= 15 is 0 Å². The van der Waals surface area contributed by atoms with Crippen LogP contribution in [0.25, 0.3) is 45.1 Å². The van der Waals surface area contributed by atoms with Crippen molar-refractivity contribution in [1.29, 1.82) is 5.26 Å². The van der Waals surface area contributed by atoms with E-state index in [-0.39, 0.29) is 12.0 Å². The molecule has 278 valence electrons. The lowest BCUT2D eigenvalue weighted by Crippen LogP contribution is -2.31. The van der Waals surface area contributed by atoms with E-state index in [9.17, 15) is 25.1 Å². The van der Waals surface area contributed by atoms with Gasteiger partial charge in [-0.15, -0.1) is 0 Å². The number of nitrogens with zero attached hydrogens (tertiary/aromatic N) is 5. The first-order valence-electron chi connectivity index (χ1n) is 18.9. The molecule has 2 fully saturated rings. The number of oxazole rings is 2. The number of aromatic nitrogens is 2. The average Bonchev–Trinajstić information content (AvgIpc) is 3.98. The van der Waals surface area contributed by atoms with Crippen LogP contribution in [0.4, 0.5) is 0 Å². The van der Waals surface area contributed by atoms with Crippen molar-refractivity contribution >= 4 is 23.0 Å². The Morgan fingerprint density at radius 3 is 2.31 bits per heavy atom. The molecule has 3 atom stereocenters. The number of amides is 1. The summed E-state index contributed by atoms with van der Waals surface area (Å²) in [5, 5.41) is 29.5. The summed E-state index contributed by atoms with van der Waals surface area (Å²) in [4.78, 5) is 38.4. The topological polar surface area (TPSA) is 157 Å². The number of aliphatic carboxylic acids is 1. The van der Waals surface area contributed by atoms with Gasteiger partial charge in [0, 0.05) is 30.6 Å². The van der Waals surface area contributed by atoms with Gasteiger partial charge in [-0.1, -0.05) is 24.3 Å². The zero-order valence-electron chi connectivity index (χ0n) is 31.0. The highest BCUT2D eigenvalue weighted by atomic mass is 16.4. The van der Waals surface area contributed by atoms with Crippen molar-refractivity contribution in [2.24, 2.45) is 11.3 Å². The maximum atomic E-state index is 13.0. The summed E-state index contributed by atoms with van der Waals surface area (Å²) in [6.07, 6.45) is 5.50. The number of benzene rings is 3. The molecule has 54 heavy (non-hydrogen) atoms. The molecule has 5 aromatic rings. The number of carbonyl (C=O) groups is 2. The minimum atomic E-state index is -0.787. The summed E-state index contributed by atoms with van der Waals surface area (Å²) in [5.41, 5.74) is 8.04. The second kappa shape index (κ2) is 14.2. The van der Waals surface area contributed by atoms with Crippen molar-refractivity contribution in [1.82, 2.24) is 19.8 Å². The van der Waals surface area contributed by atoms with E-state index in [0.29, 0.717) is 79.9 Å². The Balaban J connectivity index is 0.997. The standard InChI is InChI=1S/C43H45N5O6/c1-25-31(8-5-10-33(25)40-46-36-22-48(23-37(36)53-40)38(50)12-4-7-27-13-14-30(49)18-27)32-9-6-11-34(26(32)2)41-45-35-19-28(17-29(20-44)39(35)54-41)21-47-16-15-43(3,24-47)42(51)52/h5-6,8-11,17,19,27,30,49H,4,7,12-16,18,21-24H2,1-3H3,(H,51,52)/t27?,30-,43-/m1/s1. The lowest BCUT2D eigenvalue weighted by Gasteiger charge is -2.20. The summed E-state index contributed by atoms with van der Waals surface area (Å²) in [7, 11) is 0. The maximum absolute atomic E-state index is 13.0. The third kappa shape index (κ3) is 6.69. The molecule has 2 aliphatic heterocycles. The number of likely N-dealkylation sites (tertiary alicyclic amines) is 1. The van der Waals surface area contributed by atoms with E-state index in [0.717, 1.165) is 82.5 Å².